The first-order valence-electron chi connectivity index (χ1n) is 10.8. The summed E-state index contributed by atoms with van der Waals surface area (Å²) < 4.78 is 28.6. The van der Waals surface area contributed by atoms with E-state index in [2.05, 4.69) is 20.5 Å². The SMILES string of the molecule is [C-]#[N+]NC(CC)=NCCCC1(c2ccccc2)SC(c2cc(F)ccc2F)=NN1C(=O)N(C)C. The summed E-state index contributed by atoms with van der Waals surface area (Å²) in [5.74, 6) is -0.616. The van der Waals surface area contributed by atoms with Crippen molar-refractivity contribution in [2.45, 2.75) is 31.1 Å². The molecule has 1 aliphatic rings. The molecule has 0 bridgehead atoms. The van der Waals surface area contributed by atoms with Crippen LogP contribution in [0.1, 0.15) is 37.3 Å². The van der Waals surface area contributed by atoms with Crippen LogP contribution in [0, 0.1) is 18.2 Å². The molecule has 3 rings (SSSR count). The molecule has 10 heteroatoms. The van der Waals surface area contributed by atoms with Crippen LogP contribution in [0.25, 0.3) is 4.95 Å². The number of nitrogens with one attached hydrogen (secondary N) is 1. The van der Waals surface area contributed by atoms with Crippen molar-refractivity contribution in [3.63, 3.8) is 0 Å². The highest BCUT2D eigenvalue weighted by molar-refractivity contribution is 8.15. The molecule has 1 N–H and O–H groups in total. The van der Waals surface area contributed by atoms with Gasteiger partial charge in [0.05, 0.1) is 0 Å². The molecular weight excluding hydrogens is 458 g/mol. The van der Waals surface area contributed by atoms with Crippen LogP contribution in [-0.4, -0.2) is 47.5 Å². The molecule has 0 saturated heterocycles. The molecule has 34 heavy (non-hydrogen) atoms. The van der Waals surface area contributed by atoms with Gasteiger partial charge >= 0.3 is 6.03 Å². The monoisotopic (exact) mass is 484 g/mol. The lowest BCUT2D eigenvalue weighted by Crippen LogP contribution is -2.46. The summed E-state index contributed by atoms with van der Waals surface area (Å²) >= 11 is 1.23. The van der Waals surface area contributed by atoms with Crippen LogP contribution in [0.2, 0.25) is 0 Å². The van der Waals surface area contributed by atoms with E-state index in [0.717, 1.165) is 23.8 Å². The minimum Gasteiger partial charge on any atom is -0.329 e. The molecule has 0 aromatic heterocycles. The summed E-state index contributed by atoms with van der Waals surface area (Å²) in [6.45, 7) is 9.28. The van der Waals surface area contributed by atoms with E-state index in [1.807, 2.05) is 37.3 Å². The summed E-state index contributed by atoms with van der Waals surface area (Å²) in [6.07, 6.45) is 1.61. The molecule has 0 saturated carbocycles. The molecule has 1 heterocycles. The lowest BCUT2D eigenvalue weighted by molar-refractivity contribution is 0.138. The number of amidine groups is 1. The van der Waals surface area contributed by atoms with Gasteiger partial charge in [-0.25, -0.2) is 13.6 Å². The van der Waals surface area contributed by atoms with Gasteiger partial charge in [-0.3, -0.25) is 4.99 Å². The molecule has 2 amide bonds. The molecule has 0 radical (unpaired) electrons. The number of benzene rings is 2. The van der Waals surface area contributed by atoms with E-state index in [-0.39, 0.29) is 16.6 Å². The third kappa shape index (κ3) is 5.37. The van der Waals surface area contributed by atoms with Gasteiger partial charge in [0.2, 0.25) is 0 Å². The van der Waals surface area contributed by atoms with Crippen molar-refractivity contribution in [1.29, 1.82) is 0 Å². The Kier molecular flexibility index (Phi) is 8.23. The van der Waals surface area contributed by atoms with Gasteiger partial charge in [-0.15, -0.1) is 0 Å². The highest BCUT2D eigenvalue weighted by Gasteiger charge is 2.49. The van der Waals surface area contributed by atoms with E-state index in [0.29, 0.717) is 31.6 Å². The maximum absolute atomic E-state index is 14.6. The molecule has 1 atom stereocenters. The molecule has 1 aliphatic heterocycles. The second-order valence-corrected chi connectivity index (χ2v) is 9.05. The van der Waals surface area contributed by atoms with Crippen LogP contribution in [-0.2, 0) is 4.87 Å². The maximum Gasteiger partial charge on any atom is 0.341 e. The van der Waals surface area contributed by atoms with Gasteiger partial charge in [0.25, 0.3) is 0 Å². The van der Waals surface area contributed by atoms with Gasteiger partial charge in [0, 0.05) is 32.6 Å². The minimum absolute atomic E-state index is 0.00640. The van der Waals surface area contributed by atoms with Crippen LogP contribution in [0.5, 0.6) is 0 Å². The van der Waals surface area contributed by atoms with Crippen LogP contribution in [0.3, 0.4) is 0 Å². The Labute approximate surface area is 202 Å². The number of hydrogen-bond acceptors (Lipinski definition) is 4. The highest BCUT2D eigenvalue weighted by atomic mass is 32.2. The zero-order valence-electron chi connectivity index (χ0n) is 19.3. The molecule has 0 spiro atoms. The molecule has 7 nitrogen and oxygen atoms in total. The third-order valence-corrected chi connectivity index (χ3v) is 6.69. The van der Waals surface area contributed by atoms with Crippen LogP contribution >= 0.6 is 11.8 Å². The first-order chi connectivity index (χ1) is 16.3. The summed E-state index contributed by atoms with van der Waals surface area (Å²) in [5, 5.41) is 6.08. The Hall–Kier alpha value is -3.45. The summed E-state index contributed by atoms with van der Waals surface area (Å²) in [7, 11) is 3.24. The van der Waals surface area contributed by atoms with Gasteiger partial charge in [-0.1, -0.05) is 54.4 Å². The molecule has 1 unspecified atom stereocenters. The maximum atomic E-state index is 14.6. The number of thioether (sulfide) groups is 1. The van der Waals surface area contributed by atoms with E-state index in [1.54, 1.807) is 14.1 Å². The Bertz CT molecular complexity index is 1130. The summed E-state index contributed by atoms with van der Waals surface area (Å²) in [4.78, 5) is 21.3. The van der Waals surface area contributed by atoms with E-state index in [9.17, 15) is 13.6 Å². The average molecular weight is 485 g/mol. The molecular formula is C24H26F2N6OS. The Balaban J connectivity index is 2.03. The first kappa shape index (κ1) is 25.2. The van der Waals surface area contributed by atoms with E-state index in [1.165, 1.54) is 21.7 Å². The Morgan fingerprint density at radius 1 is 1.26 bits per heavy atom. The number of amides is 2. The number of hydrazone groups is 1. The van der Waals surface area contributed by atoms with Crippen LogP contribution < -0.4 is 5.43 Å². The predicted molar refractivity (Wildman–Crippen MR) is 131 cm³/mol. The fourth-order valence-corrected chi connectivity index (χ4v) is 4.97. The lowest BCUT2D eigenvalue weighted by Gasteiger charge is -2.37. The van der Waals surface area contributed by atoms with Crippen LogP contribution in [0.4, 0.5) is 13.6 Å². The van der Waals surface area contributed by atoms with E-state index in [4.69, 9.17) is 6.57 Å². The molecule has 0 aliphatic carbocycles. The quantitative estimate of drug-likeness (QED) is 0.193. The van der Waals surface area contributed by atoms with Gasteiger partial charge < -0.3 is 4.90 Å². The smallest absolute Gasteiger partial charge is 0.329 e. The standard InChI is InChI=1S/C24H26F2N6OS/c1-5-21(29-27-2)28-15-9-14-24(17-10-7-6-8-11-17)32(23(33)31(3)4)30-22(34-24)19-16-18(25)12-13-20(19)26/h6-8,10-13,16H,5,9,14-15H2,1,3-4H3,(H,28,29). The molecule has 2 aromatic carbocycles. The lowest BCUT2D eigenvalue weighted by atomic mass is 10.0. The average Bonchev–Trinajstić information content (AvgIpc) is 3.23. The Morgan fingerprint density at radius 3 is 2.65 bits per heavy atom. The minimum atomic E-state index is -0.980. The number of carbonyl (C=O) groups excluding carboxylic acids is 1. The topological polar surface area (TPSA) is 64.7 Å². The summed E-state index contributed by atoms with van der Waals surface area (Å²) in [6, 6.07) is 12.2. The van der Waals surface area contributed by atoms with Crippen molar-refractivity contribution in [1.82, 2.24) is 15.3 Å². The number of hydrogen-bond donors (Lipinski definition) is 1. The fourth-order valence-electron chi connectivity index (χ4n) is 3.56. The number of urea groups is 1. The van der Waals surface area contributed by atoms with E-state index < -0.39 is 16.5 Å². The fraction of sp³-hybridized carbons (Fsp3) is 0.333. The van der Waals surface area contributed by atoms with Crippen molar-refractivity contribution in [3.8, 4) is 0 Å². The van der Waals surface area contributed by atoms with Crippen molar-refractivity contribution < 1.29 is 13.6 Å². The van der Waals surface area contributed by atoms with Crippen LogP contribution in [0.15, 0.2) is 58.6 Å². The molecule has 2 aromatic rings. The zero-order valence-corrected chi connectivity index (χ0v) is 20.1. The second-order valence-electron chi connectivity index (χ2n) is 7.78. The van der Waals surface area contributed by atoms with Crippen molar-refractivity contribution in [2.75, 3.05) is 20.6 Å². The van der Waals surface area contributed by atoms with Gasteiger partial charge in [-0.05, 0) is 36.6 Å². The number of halogens is 2. The molecule has 0 fully saturated rings. The largest absolute Gasteiger partial charge is 0.341 e. The van der Waals surface area contributed by atoms with Gasteiger partial charge in [-0.2, -0.15) is 21.6 Å². The second kappa shape index (κ2) is 11.1. The normalized spacial score (nSPS) is 17.8. The molecule has 178 valence electrons. The van der Waals surface area contributed by atoms with Crippen molar-refractivity contribution in [2.24, 2.45) is 10.1 Å². The number of aliphatic imine (C=N–C) groups is 1. The van der Waals surface area contributed by atoms with E-state index >= 15 is 0 Å². The number of nitrogens with zero attached hydrogens (tertiary/aromatic N) is 5. The predicted octanol–water partition coefficient (Wildman–Crippen LogP) is 5.22. The third-order valence-electron chi connectivity index (χ3n) is 5.24. The van der Waals surface area contributed by atoms with Gasteiger partial charge in [0.1, 0.15) is 21.5 Å². The van der Waals surface area contributed by atoms with Crippen molar-refractivity contribution in [3.05, 3.63) is 82.8 Å². The first-order valence-corrected chi connectivity index (χ1v) is 11.6. The zero-order chi connectivity index (χ0) is 24.7. The van der Waals surface area contributed by atoms with Gasteiger partial charge in [0.15, 0.2) is 5.84 Å². The highest BCUT2D eigenvalue weighted by Crippen LogP contribution is 2.50. The number of rotatable bonds is 7. The number of carbonyl (C=O) groups is 1. The summed E-state index contributed by atoms with van der Waals surface area (Å²) in [5.41, 5.74) is 3.37. The Morgan fingerprint density at radius 2 is 2.00 bits per heavy atom. The van der Waals surface area contributed by atoms with Crippen molar-refractivity contribution >= 4 is 28.7 Å².